The molecule has 0 bridgehead atoms. The van der Waals surface area contributed by atoms with E-state index < -0.39 is 0 Å². The predicted molar refractivity (Wildman–Crippen MR) is 55.2 cm³/mol. The highest BCUT2D eigenvalue weighted by atomic mass is 15.2. The molecule has 1 aliphatic carbocycles. The fourth-order valence-corrected chi connectivity index (χ4v) is 1.06. The summed E-state index contributed by atoms with van der Waals surface area (Å²) >= 11 is 0. The third-order valence-electron chi connectivity index (χ3n) is 1.95. The first-order chi connectivity index (χ1) is 6.88. The number of nitrogens with one attached hydrogen (secondary N) is 2. The van der Waals surface area contributed by atoms with Crippen LogP contribution in [0.25, 0.3) is 0 Å². The third-order valence-corrected chi connectivity index (χ3v) is 1.95. The SMILES string of the molecule is CN=C(Nc1cnccn1)NC1CC1. The summed E-state index contributed by atoms with van der Waals surface area (Å²) in [5.41, 5.74) is 0. The number of aromatic nitrogens is 2. The minimum absolute atomic E-state index is 0.581. The molecule has 5 heteroatoms. The van der Waals surface area contributed by atoms with E-state index in [0.29, 0.717) is 11.9 Å². The molecule has 5 nitrogen and oxygen atoms in total. The topological polar surface area (TPSA) is 62.2 Å². The summed E-state index contributed by atoms with van der Waals surface area (Å²) in [6.07, 6.45) is 7.40. The average Bonchev–Trinajstić information content (AvgIpc) is 3.02. The Morgan fingerprint density at radius 3 is 2.93 bits per heavy atom. The van der Waals surface area contributed by atoms with Gasteiger partial charge in [-0.15, -0.1) is 0 Å². The molecular weight excluding hydrogens is 178 g/mol. The maximum absolute atomic E-state index is 4.10. The van der Waals surface area contributed by atoms with Crippen LogP contribution >= 0.6 is 0 Å². The molecule has 0 aromatic carbocycles. The normalized spacial score (nSPS) is 16.5. The van der Waals surface area contributed by atoms with Crippen LogP contribution in [-0.4, -0.2) is 29.0 Å². The van der Waals surface area contributed by atoms with E-state index in [4.69, 9.17) is 0 Å². The van der Waals surface area contributed by atoms with Gasteiger partial charge in [-0.05, 0) is 12.8 Å². The van der Waals surface area contributed by atoms with E-state index in [0.717, 1.165) is 5.96 Å². The van der Waals surface area contributed by atoms with Crippen LogP contribution in [0.1, 0.15) is 12.8 Å². The second kappa shape index (κ2) is 4.04. The van der Waals surface area contributed by atoms with Crippen molar-refractivity contribution in [2.75, 3.05) is 12.4 Å². The van der Waals surface area contributed by atoms with Gasteiger partial charge in [-0.25, -0.2) is 4.98 Å². The minimum atomic E-state index is 0.581. The van der Waals surface area contributed by atoms with Crippen molar-refractivity contribution in [3.8, 4) is 0 Å². The van der Waals surface area contributed by atoms with Crippen molar-refractivity contribution in [1.82, 2.24) is 15.3 Å². The smallest absolute Gasteiger partial charge is 0.196 e. The zero-order valence-electron chi connectivity index (χ0n) is 8.07. The Kier molecular flexibility index (Phi) is 2.58. The number of hydrogen-bond donors (Lipinski definition) is 2. The molecule has 74 valence electrons. The molecule has 1 heterocycles. The lowest BCUT2D eigenvalue weighted by atomic mass is 10.6. The third kappa shape index (κ3) is 2.42. The van der Waals surface area contributed by atoms with E-state index in [1.54, 1.807) is 25.6 Å². The molecule has 0 aliphatic heterocycles. The number of anilines is 1. The Balaban J connectivity index is 1.94. The molecule has 2 N–H and O–H groups in total. The van der Waals surface area contributed by atoms with E-state index in [-0.39, 0.29) is 0 Å². The van der Waals surface area contributed by atoms with Gasteiger partial charge in [-0.1, -0.05) is 0 Å². The monoisotopic (exact) mass is 191 g/mol. The van der Waals surface area contributed by atoms with Crippen LogP contribution in [0.2, 0.25) is 0 Å². The van der Waals surface area contributed by atoms with Gasteiger partial charge >= 0.3 is 0 Å². The second-order valence-corrected chi connectivity index (χ2v) is 3.21. The highest BCUT2D eigenvalue weighted by molar-refractivity contribution is 5.92. The zero-order valence-corrected chi connectivity index (χ0v) is 8.07. The van der Waals surface area contributed by atoms with Gasteiger partial charge in [0, 0.05) is 25.5 Å². The van der Waals surface area contributed by atoms with E-state index >= 15 is 0 Å². The molecule has 0 spiro atoms. The molecule has 1 aromatic rings. The molecule has 0 atom stereocenters. The van der Waals surface area contributed by atoms with Crippen LogP contribution in [0.15, 0.2) is 23.6 Å². The van der Waals surface area contributed by atoms with E-state index in [9.17, 15) is 0 Å². The lowest BCUT2D eigenvalue weighted by Gasteiger charge is -2.09. The van der Waals surface area contributed by atoms with Crippen molar-refractivity contribution in [2.45, 2.75) is 18.9 Å². The quantitative estimate of drug-likeness (QED) is 0.531. The van der Waals surface area contributed by atoms with Gasteiger partial charge in [-0.2, -0.15) is 0 Å². The van der Waals surface area contributed by atoms with Gasteiger partial charge in [0.2, 0.25) is 0 Å². The Labute approximate surface area is 82.7 Å². The van der Waals surface area contributed by atoms with Gasteiger partial charge in [0.1, 0.15) is 0 Å². The van der Waals surface area contributed by atoms with Crippen molar-refractivity contribution in [2.24, 2.45) is 4.99 Å². The number of rotatable bonds is 2. The van der Waals surface area contributed by atoms with Crippen molar-refractivity contribution in [3.63, 3.8) is 0 Å². The predicted octanol–water partition coefficient (Wildman–Crippen LogP) is 0.626. The maximum atomic E-state index is 4.10. The summed E-state index contributed by atoms with van der Waals surface area (Å²) in [7, 11) is 1.74. The van der Waals surface area contributed by atoms with Crippen LogP contribution in [0.5, 0.6) is 0 Å². The Hall–Kier alpha value is -1.65. The highest BCUT2D eigenvalue weighted by Gasteiger charge is 2.22. The number of aliphatic imine (C=N–C) groups is 1. The number of nitrogens with zero attached hydrogens (tertiary/aromatic N) is 3. The molecule has 1 aromatic heterocycles. The fraction of sp³-hybridized carbons (Fsp3) is 0.444. The molecule has 1 fully saturated rings. The van der Waals surface area contributed by atoms with Crippen LogP contribution in [0, 0.1) is 0 Å². The number of guanidine groups is 1. The largest absolute Gasteiger partial charge is 0.353 e. The molecule has 0 saturated heterocycles. The molecule has 0 unspecified atom stereocenters. The Morgan fingerprint density at radius 1 is 1.50 bits per heavy atom. The van der Waals surface area contributed by atoms with Gasteiger partial charge < -0.3 is 10.6 Å². The maximum Gasteiger partial charge on any atom is 0.196 e. The van der Waals surface area contributed by atoms with Crippen molar-refractivity contribution in [1.29, 1.82) is 0 Å². The molecule has 14 heavy (non-hydrogen) atoms. The van der Waals surface area contributed by atoms with Crippen molar-refractivity contribution < 1.29 is 0 Å². The standard InChI is InChI=1S/C9H13N5/c1-10-9(13-7-2-3-7)14-8-6-11-4-5-12-8/h4-7H,2-3H2,1H3,(H2,10,12,13,14). The Morgan fingerprint density at radius 2 is 2.36 bits per heavy atom. The van der Waals surface area contributed by atoms with E-state index in [2.05, 4.69) is 25.6 Å². The first-order valence-electron chi connectivity index (χ1n) is 4.65. The molecule has 0 radical (unpaired) electrons. The molecular formula is C9H13N5. The second-order valence-electron chi connectivity index (χ2n) is 3.21. The highest BCUT2D eigenvalue weighted by Crippen LogP contribution is 2.18. The lowest BCUT2D eigenvalue weighted by Crippen LogP contribution is -2.32. The zero-order chi connectivity index (χ0) is 9.80. The molecule has 1 saturated carbocycles. The van der Waals surface area contributed by atoms with Gasteiger partial charge in [0.25, 0.3) is 0 Å². The lowest BCUT2D eigenvalue weighted by molar-refractivity contribution is 0.899. The summed E-state index contributed by atoms with van der Waals surface area (Å²) in [5.74, 6) is 1.47. The molecule has 2 rings (SSSR count). The van der Waals surface area contributed by atoms with Crippen LogP contribution in [0.4, 0.5) is 5.82 Å². The summed E-state index contributed by atoms with van der Waals surface area (Å²) in [6.45, 7) is 0. The van der Waals surface area contributed by atoms with E-state index in [1.807, 2.05) is 0 Å². The molecule has 1 aliphatic rings. The van der Waals surface area contributed by atoms with Crippen LogP contribution in [-0.2, 0) is 0 Å². The number of hydrogen-bond acceptors (Lipinski definition) is 3. The summed E-state index contributed by atoms with van der Waals surface area (Å²) in [6, 6.07) is 0.581. The van der Waals surface area contributed by atoms with Crippen molar-refractivity contribution >= 4 is 11.8 Å². The van der Waals surface area contributed by atoms with E-state index in [1.165, 1.54) is 12.8 Å². The van der Waals surface area contributed by atoms with Crippen molar-refractivity contribution in [3.05, 3.63) is 18.6 Å². The first kappa shape index (κ1) is 8.93. The summed E-state index contributed by atoms with van der Waals surface area (Å²) in [5, 5.41) is 6.33. The minimum Gasteiger partial charge on any atom is -0.353 e. The summed E-state index contributed by atoms with van der Waals surface area (Å²) in [4.78, 5) is 12.1. The fourth-order valence-electron chi connectivity index (χ4n) is 1.06. The van der Waals surface area contributed by atoms with Gasteiger partial charge in [0.05, 0.1) is 6.20 Å². The average molecular weight is 191 g/mol. The van der Waals surface area contributed by atoms with Crippen LogP contribution < -0.4 is 10.6 Å². The first-order valence-corrected chi connectivity index (χ1v) is 4.65. The van der Waals surface area contributed by atoms with Gasteiger partial charge in [0.15, 0.2) is 11.8 Å². The Bertz CT molecular complexity index is 317. The molecule has 0 amide bonds. The van der Waals surface area contributed by atoms with Crippen LogP contribution in [0.3, 0.4) is 0 Å². The summed E-state index contributed by atoms with van der Waals surface area (Å²) < 4.78 is 0. The van der Waals surface area contributed by atoms with Gasteiger partial charge in [-0.3, -0.25) is 9.98 Å².